The molecule has 0 unspecified atom stereocenters. The van der Waals surface area contributed by atoms with E-state index in [1.807, 2.05) is 42.5 Å². The highest BCUT2D eigenvalue weighted by Crippen LogP contribution is 2.28. The van der Waals surface area contributed by atoms with E-state index in [0.29, 0.717) is 12.3 Å². The van der Waals surface area contributed by atoms with Crippen molar-refractivity contribution in [3.05, 3.63) is 94.0 Å². The van der Waals surface area contributed by atoms with Crippen molar-refractivity contribution in [2.45, 2.75) is 19.6 Å². The number of anilines is 1. The molecule has 6 heteroatoms. The van der Waals surface area contributed by atoms with Gasteiger partial charge in [-0.25, -0.2) is 4.79 Å². The Hall–Kier alpha value is -3.54. The van der Waals surface area contributed by atoms with Gasteiger partial charge in [0.15, 0.2) is 6.61 Å². The monoisotopic (exact) mass is 391 g/mol. The summed E-state index contributed by atoms with van der Waals surface area (Å²) in [6.07, 6.45) is 2.23. The molecule has 3 aromatic rings. The second-order valence-electron chi connectivity index (χ2n) is 6.81. The molecule has 6 nitrogen and oxygen atoms in total. The van der Waals surface area contributed by atoms with Crippen molar-refractivity contribution in [2.75, 3.05) is 18.1 Å². The molecule has 0 spiro atoms. The summed E-state index contributed by atoms with van der Waals surface area (Å²) in [6.45, 7) is 1.20. The van der Waals surface area contributed by atoms with Crippen molar-refractivity contribution in [1.82, 2.24) is 0 Å². The van der Waals surface area contributed by atoms with Crippen LogP contribution in [-0.2, 0) is 29.1 Å². The molecule has 148 valence electrons. The van der Waals surface area contributed by atoms with Crippen LogP contribution in [0.5, 0.6) is 5.75 Å². The van der Waals surface area contributed by atoms with E-state index in [4.69, 9.17) is 13.9 Å². The van der Waals surface area contributed by atoms with Crippen LogP contribution in [0.25, 0.3) is 0 Å². The Kier molecular flexibility index (Phi) is 5.61. The number of fused-ring (bicyclic) bond motifs is 1. The van der Waals surface area contributed by atoms with Gasteiger partial charge in [-0.15, -0.1) is 0 Å². The van der Waals surface area contributed by atoms with Gasteiger partial charge in [0.1, 0.15) is 18.6 Å². The number of ether oxygens (including phenoxy) is 2. The number of carbonyl (C=O) groups is 1. The first-order chi connectivity index (χ1) is 14.2. The SMILES string of the molecule is O=C(COc1coc(CN2CCc3ccccc32)cc1=O)OCc1ccccc1. The van der Waals surface area contributed by atoms with Crippen LogP contribution in [0.4, 0.5) is 5.69 Å². The summed E-state index contributed by atoms with van der Waals surface area (Å²) in [5.74, 6) is -0.0102. The van der Waals surface area contributed by atoms with E-state index < -0.39 is 5.97 Å². The largest absolute Gasteiger partial charge is 0.475 e. The summed E-state index contributed by atoms with van der Waals surface area (Å²) in [5, 5.41) is 0. The van der Waals surface area contributed by atoms with Crippen LogP contribution in [0, 0.1) is 0 Å². The van der Waals surface area contributed by atoms with Crippen LogP contribution < -0.4 is 15.1 Å². The van der Waals surface area contributed by atoms with Crippen LogP contribution in [0.2, 0.25) is 0 Å². The molecule has 1 aromatic heterocycles. The lowest BCUT2D eigenvalue weighted by Gasteiger charge is -2.18. The minimum Gasteiger partial charge on any atom is -0.475 e. The Morgan fingerprint density at radius 3 is 2.69 bits per heavy atom. The maximum absolute atomic E-state index is 12.3. The van der Waals surface area contributed by atoms with Gasteiger partial charge in [0.25, 0.3) is 0 Å². The lowest BCUT2D eigenvalue weighted by atomic mass is 10.2. The zero-order valence-corrected chi connectivity index (χ0v) is 15.9. The summed E-state index contributed by atoms with van der Waals surface area (Å²) in [5.41, 5.74) is 3.02. The summed E-state index contributed by atoms with van der Waals surface area (Å²) in [7, 11) is 0. The topological polar surface area (TPSA) is 69.0 Å². The lowest BCUT2D eigenvalue weighted by Crippen LogP contribution is -2.21. The van der Waals surface area contributed by atoms with Gasteiger partial charge in [0.05, 0.1) is 6.54 Å². The predicted octanol–water partition coefficient (Wildman–Crippen LogP) is 3.32. The third kappa shape index (κ3) is 4.66. The van der Waals surface area contributed by atoms with E-state index in [0.717, 1.165) is 24.2 Å². The molecule has 0 N–H and O–H groups in total. The Labute approximate surface area is 168 Å². The molecule has 0 saturated carbocycles. The van der Waals surface area contributed by atoms with E-state index in [2.05, 4.69) is 17.0 Å². The quantitative estimate of drug-likeness (QED) is 0.576. The number of nitrogens with zero attached hydrogens (tertiary/aromatic N) is 1. The summed E-state index contributed by atoms with van der Waals surface area (Å²) >= 11 is 0. The lowest BCUT2D eigenvalue weighted by molar-refractivity contribution is -0.147. The fourth-order valence-electron chi connectivity index (χ4n) is 3.30. The summed E-state index contributed by atoms with van der Waals surface area (Å²) in [4.78, 5) is 26.3. The maximum Gasteiger partial charge on any atom is 0.344 e. The summed E-state index contributed by atoms with van der Waals surface area (Å²) < 4.78 is 16.0. The van der Waals surface area contributed by atoms with Crippen molar-refractivity contribution in [2.24, 2.45) is 0 Å². The van der Waals surface area contributed by atoms with Gasteiger partial charge >= 0.3 is 5.97 Å². The average Bonchev–Trinajstić information content (AvgIpc) is 3.15. The van der Waals surface area contributed by atoms with Crippen molar-refractivity contribution in [3.8, 4) is 5.75 Å². The van der Waals surface area contributed by atoms with E-state index in [1.54, 1.807) is 0 Å². The molecule has 0 amide bonds. The zero-order chi connectivity index (χ0) is 20.1. The predicted molar refractivity (Wildman–Crippen MR) is 108 cm³/mol. The normalized spacial score (nSPS) is 12.5. The highest BCUT2D eigenvalue weighted by Gasteiger charge is 2.19. The Bertz CT molecular complexity index is 1040. The number of hydrogen-bond donors (Lipinski definition) is 0. The van der Waals surface area contributed by atoms with Crippen LogP contribution in [0.1, 0.15) is 16.9 Å². The smallest absolute Gasteiger partial charge is 0.344 e. The highest BCUT2D eigenvalue weighted by molar-refractivity contribution is 5.71. The third-order valence-corrected chi connectivity index (χ3v) is 4.77. The molecule has 0 radical (unpaired) electrons. The van der Waals surface area contributed by atoms with Gasteiger partial charge in [-0.05, 0) is 23.6 Å². The first-order valence-electron chi connectivity index (χ1n) is 9.46. The molecule has 0 saturated heterocycles. The van der Waals surface area contributed by atoms with Crippen molar-refractivity contribution < 1.29 is 18.7 Å². The second kappa shape index (κ2) is 8.65. The molecule has 0 fully saturated rings. The minimum atomic E-state index is -0.550. The molecule has 29 heavy (non-hydrogen) atoms. The average molecular weight is 391 g/mol. The van der Waals surface area contributed by atoms with Crippen LogP contribution in [0.15, 0.2) is 76.1 Å². The minimum absolute atomic E-state index is 0.00719. The van der Waals surface area contributed by atoms with E-state index in [1.165, 1.54) is 17.9 Å². The van der Waals surface area contributed by atoms with Gasteiger partial charge in [-0.3, -0.25) is 4.79 Å². The molecule has 4 rings (SSSR count). The summed E-state index contributed by atoms with van der Waals surface area (Å²) in [6, 6.07) is 19.0. The Morgan fingerprint density at radius 2 is 1.86 bits per heavy atom. The Morgan fingerprint density at radius 1 is 1.07 bits per heavy atom. The van der Waals surface area contributed by atoms with E-state index >= 15 is 0 Å². The number of benzene rings is 2. The van der Waals surface area contributed by atoms with E-state index in [-0.39, 0.29) is 24.4 Å². The first-order valence-corrected chi connectivity index (χ1v) is 9.46. The van der Waals surface area contributed by atoms with Crippen LogP contribution in [-0.4, -0.2) is 19.1 Å². The van der Waals surface area contributed by atoms with E-state index in [9.17, 15) is 9.59 Å². The number of carbonyl (C=O) groups excluding carboxylic acids is 1. The molecule has 1 aliphatic heterocycles. The van der Waals surface area contributed by atoms with Crippen LogP contribution >= 0.6 is 0 Å². The maximum atomic E-state index is 12.3. The van der Waals surface area contributed by atoms with Gasteiger partial charge in [0, 0.05) is 18.3 Å². The fraction of sp³-hybridized carbons (Fsp3) is 0.217. The highest BCUT2D eigenvalue weighted by atomic mass is 16.6. The van der Waals surface area contributed by atoms with Crippen molar-refractivity contribution >= 4 is 11.7 Å². The number of hydrogen-bond acceptors (Lipinski definition) is 6. The number of esters is 1. The molecule has 0 aliphatic carbocycles. The van der Waals surface area contributed by atoms with Gasteiger partial charge in [-0.1, -0.05) is 48.5 Å². The fourth-order valence-corrected chi connectivity index (χ4v) is 3.30. The molecular formula is C23H21NO5. The van der Waals surface area contributed by atoms with Crippen LogP contribution in [0.3, 0.4) is 0 Å². The van der Waals surface area contributed by atoms with Crippen molar-refractivity contribution in [1.29, 1.82) is 0 Å². The molecule has 1 aliphatic rings. The third-order valence-electron chi connectivity index (χ3n) is 4.77. The molecule has 0 atom stereocenters. The second-order valence-corrected chi connectivity index (χ2v) is 6.81. The molecule has 0 bridgehead atoms. The number of rotatable bonds is 7. The molecule has 2 aromatic carbocycles. The molecule has 2 heterocycles. The zero-order valence-electron chi connectivity index (χ0n) is 15.9. The number of para-hydroxylation sites is 1. The van der Waals surface area contributed by atoms with Gasteiger partial charge < -0.3 is 18.8 Å². The Balaban J connectivity index is 1.31. The van der Waals surface area contributed by atoms with Gasteiger partial charge in [-0.2, -0.15) is 0 Å². The van der Waals surface area contributed by atoms with Crippen molar-refractivity contribution in [3.63, 3.8) is 0 Å². The van der Waals surface area contributed by atoms with Gasteiger partial charge in [0.2, 0.25) is 11.2 Å². The first kappa shape index (κ1) is 18.8. The standard InChI is InChI=1S/C23H21NO5/c25-21-12-19(13-24-11-10-18-8-4-5-9-20(18)24)27-15-22(21)28-16-23(26)29-14-17-6-2-1-3-7-17/h1-9,12,15H,10-11,13-14,16H2. The molecular weight excluding hydrogens is 370 g/mol.